The Morgan fingerprint density at radius 1 is 1.04 bits per heavy atom. The van der Waals surface area contributed by atoms with Crippen molar-refractivity contribution in [3.63, 3.8) is 0 Å². The fourth-order valence-electron chi connectivity index (χ4n) is 2.51. The second-order valence-corrected chi connectivity index (χ2v) is 9.13. The lowest BCUT2D eigenvalue weighted by molar-refractivity contribution is 0.0698. The van der Waals surface area contributed by atoms with E-state index < -0.39 is 10.0 Å². The average molecular weight is 405 g/mol. The molecule has 0 atom stereocenters. The third-order valence-corrected chi connectivity index (χ3v) is 7.89. The number of piperazine rings is 1. The van der Waals surface area contributed by atoms with E-state index in [1.54, 1.807) is 40.6 Å². The second-order valence-electron chi connectivity index (χ2n) is 5.23. The molecule has 0 bridgehead atoms. The van der Waals surface area contributed by atoms with Crippen LogP contribution in [0, 0.1) is 0 Å². The smallest absolute Gasteiger partial charge is 0.255 e. The monoisotopic (exact) mass is 404 g/mol. The summed E-state index contributed by atoms with van der Waals surface area (Å²) in [4.78, 5) is 14.2. The number of nitrogens with zero attached hydrogens (tertiary/aromatic N) is 2. The van der Waals surface area contributed by atoms with Gasteiger partial charge >= 0.3 is 0 Å². The van der Waals surface area contributed by atoms with Gasteiger partial charge in [0.25, 0.3) is 15.9 Å². The minimum atomic E-state index is -3.48. The number of rotatable bonds is 3. The zero-order valence-electron chi connectivity index (χ0n) is 12.5. The number of carbonyl (C=O) groups is 1. The normalized spacial score (nSPS) is 16.3. The van der Waals surface area contributed by atoms with Crippen LogP contribution >= 0.6 is 34.5 Å². The lowest BCUT2D eigenvalue weighted by atomic mass is 10.2. The summed E-state index contributed by atoms with van der Waals surface area (Å²) in [6.45, 7) is 1.13. The molecule has 2 aromatic rings. The molecular weight excluding hydrogens is 391 g/mol. The molecular formula is C15H14Cl2N2O3S2. The number of halogens is 2. The van der Waals surface area contributed by atoms with Gasteiger partial charge in [0, 0.05) is 26.2 Å². The molecule has 128 valence electrons. The van der Waals surface area contributed by atoms with Crippen LogP contribution in [0.5, 0.6) is 0 Å². The van der Waals surface area contributed by atoms with Crippen LogP contribution in [0.3, 0.4) is 0 Å². The van der Waals surface area contributed by atoms with Crippen LogP contribution in [0.2, 0.25) is 10.0 Å². The summed E-state index contributed by atoms with van der Waals surface area (Å²) < 4.78 is 26.7. The first-order chi connectivity index (χ1) is 11.4. The van der Waals surface area contributed by atoms with E-state index in [2.05, 4.69) is 0 Å². The summed E-state index contributed by atoms with van der Waals surface area (Å²) in [5, 5.41) is 2.27. The van der Waals surface area contributed by atoms with Crippen molar-refractivity contribution in [1.29, 1.82) is 0 Å². The Bertz CT molecular complexity index is 846. The second kappa shape index (κ2) is 7.01. The number of amides is 1. The average Bonchev–Trinajstić information content (AvgIpc) is 3.12. The zero-order valence-corrected chi connectivity index (χ0v) is 15.6. The van der Waals surface area contributed by atoms with Crippen molar-refractivity contribution in [3.8, 4) is 0 Å². The Balaban J connectivity index is 1.71. The Morgan fingerprint density at radius 2 is 1.75 bits per heavy atom. The van der Waals surface area contributed by atoms with Crippen molar-refractivity contribution in [2.45, 2.75) is 4.21 Å². The minimum Gasteiger partial charge on any atom is -0.336 e. The van der Waals surface area contributed by atoms with E-state index in [1.807, 2.05) is 0 Å². The summed E-state index contributed by atoms with van der Waals surface area (Å²) >= 11 is 13.2. The summed E-state index contributed by atoms with van der Waals surface area (Å²) in [6, 6.07) is 8.19. The van der Waals surface area contributed by atoms with Gasteiger partial charge in [-0.2, -0.15) is 4.31 Å². The largest absolute Gasteiger partial charge is 0.336 e. The van der Waals surface area contributed by atoms with Gasteiger partial charge in [-0.05, 0) is 23.6 Å². The number of carbonyl (C=O) groups excluding carboxylic acids is 1. The molecule has 0 radical (unpaired) electrons. The van der Waals surface area contributed by atoms with Crippen molar-refractivity contribution in [3.05, 3.63) is 51.3 Å². The van der Waals surface area contributed by atoms with Gasteiger partial charge in [0.15, 0.2) is 0 Å². The van der Waals surface area contributed by atoms with E-state index in [0.29, 0.717) is 27.9 Å². The van der Waals surface area contributed by atoms with Gasteiger partial charge in [0.1, 0.15) is 4.21 Å². The van der Waals surface area contributed by atoms with Gasteiger partial charge in [0.05, 0.1) is 15.6 Å². The number of hydrogen-bond acceptors (Lipinski definition) is 4. The van der Waals surface area contributed by atoms with Crippen LogP contribution < -0.4 is 0 Å². The maximum absolute atomic E-state index is 12.6. The van der Waals surface area contributed by atoms with Crippen LogP contribution in [0.25, 0.3) is 0 Å². The lowest BCUT2D eigenvalue weighted by Gasteiger charge is -2.33. The molecule has 1 fully saturated rings. The minimum absolute atomic E-state index is 0.220. The topological polar surface area (TPSA) is 57.7 Å². The van der Waals surface area contributed by atoms with Crippen molar-refractivity contribution < 1.29 is 13.2 Å². The number of sulfonamides is 1. The highest BCUT2D eigenvalue weighted by atomic mass is 35.5. The molecule has 9 heteroatoms. The van der Waals surface area contributed by atoms with Crippen LogP contribution in [-0.4, -0.2) is 49.7 Å². The van der Waals surface area contributed by atoms with E-state index in [9.17, 15) is 13.2 Å². The molecule has 0 aliphatic carbocycles. The Morgan fingerprint density at radius 3 is 2.38 bits per heavy atom. The Labute approximate surface area is 154 Å². The molecule has 2 heterocycles. The molecule has 3 rings (SSSR count). The van der Waals surface area contributed by atoms with Gasteiger partial charge in [-0.15, -0.1) is 11.3 Å². The van der Waals surface area contributed by atoms with Crippen molar-refractivity contribution in [1.82, 2.24) is 9.21 Å². The molecule has 1 aromatic heterocycles. The van der Waals surface area contributed by atoms with E-state index in [4.69, 9.17) is 23.2 Å². The molecule has 0 saturated carbocycles. The molecule has 0 spiro atoms. The zero-order chi connectivity index (χ0) is 17.3. The third kappa shape index (κ3) is 3.32. The highest BCUT2D eigenvalue weighted by Crippen LogP contribution is 2.27. The Kier molecular flexibility index (Phi) is 5.17. The molecule has 0 N–H and O–H groups in total. The molecule has 24 heavy (non-hydrogen) atoms. The molecule has 1 aliphatic heterocycles. The van der Waals surface area contributed by atoms with Crippen LogP contribution in [0.15, 0.2) is 39.9 Å². The first kappa shape index (κ1) is 17.7. The maximum Gasteiger partial charge on any atom is 0.255 e. The van der Waals surface area contributed by atoms with Gasteiger partial charge < -0.3 is 4.90 Å². The molecule has 1 aliphatic rings. The predicted octanol–water partition coefficient (Wildman–Crippen LogP) is 3.20. The molecule has 5 nitrogen and oxygen atoms in total. The molecule has 1 aromatic carbocycles. The highest BCUT2D eigenvalue weighted by Gasteiger charge is 2.31. The molecule has 1 saturated heterocycles. The summed E-state index contributed by atoms with van der Waals surface area (Å²) in [6.07, 6.45) is 0. The van der Waals surface area contributed by atoms with Crippen molar-refractivity contribution >= 4 is 50.5 Å². The first-order valence-corrected chi connectivity index (χ1v) is 10.3. The fourth-order valence-corrected chi connectivity index (χ4v) is 5.46. The predicted molar refractivity (Wildman–Crippen MR) is 95.4 cm³/mol. The van der Waals surface area contributed by atoms with Crippen LogP contribution in [0.4, 0.5) is 0 Å². The van der Waals surface area contributed by atoms with Crippen molar-refractivity contribution in [2.24, 2.45) is 0 Å². The number of hydrogen-bond donors (Lipinski definition) is 0. The molecule has 1 amide bonds. The summed E-state index contributed by atoms with van der Waals surface area (Å²) in [7, 11) is -3.48. The lowest BCUT2D eigenvalue weighted by Crippen LogP contribution is -2.50. The first-order valence-electron chi connectivity index (χ1n) is 7.18. The number of thiophene rings is 1. The maximum atomic E-state index is 12.6. The highest BCUT2D eigenvalue weighted by molar-refractivity contribution is 7.91. The SMILES string of the molecule is O=C(c1cccc(Cl)c1Cl)N1CCN(S(=O)(=O)c2cccs2)CC1. The van der Waals surface area contributed by atoms with Crippen molar-refractivity contribution in [2.75, 3.05) is 26.2 Å². The quantitative estimate of drug-likeness (QED) is 0.788. The van der Waals surface area contributed by atoms with Crippen LogP contribution in [-0.2, 0) is 10.0 Å². The van der Waals surface area contributed by atoms with Gasteiger partial charge in [-0.25, -0.2) is 8.42 Å². The van der Waals surface area contributed by atoms with E-state index >= 15 is 0 Å². The Hall–Kier alpha value is -1.12. The third-order valence-electron chi connectivity index (χ3n) is 3.80. The number of benzene rings is 1. The van der Waals surface area contributed by atoms with Gasteiger partial charge in [-0.3, -0.25) is 4.79 Å². The standard InChI is InChI=1S/C15H14Cl2N2O3S2/c16-12-4-1-3-11(14(12)17)15(20)18-6-8-19(9-7-18)24(21,22)13-5-2-10-23-13/h1-5,10H,6-9H2. The summed E-state index contributed by atoms with van der Waals surface area (Å²) in [5.41, 5.74) is 0.332. The van der Waals surface area contributed by atoms with E-state index in [1.165, 1.54) is 15.6 Å². The van der Waals surface area contributed by atoms with Crippen LogP contribution in [0.1, 0.15) is 10.4 Å². The van der Waals surface area contributed by atoms with E-state index in [0.717, 1.165) is 0 Å². The van der Waals surface area contributed by atoms with Gasteiger partial charge in [0.2, 0.25) is 0 Å². The van der Waals surface area contributed by atoms with E-state index in [-0.39, 0.29) is 24.0 Å². The fraction of sp³-hybridized carbons (Fsp3) is 0.267. The van der Waals surface area contributed by atoms with Gasteiger partial charge in [-0.1, -0.05) is 35.3 Å². The molecule has 0 unspecified atom stereocenters. The summed E-state index contributed by atoms with van der Waals surface area (Å²) in [5.74, 6) is -0.240.